The molecule has 0 radical (unpaired) electrons. The molecule has 0 fully saturated rings. The third kappa shape index (κ3) is 6.84. The molecule has 0 amide bonds. The number of nitrogens with two attached hydrogens (primary N) is 2. The number of halogens is 3. The van der Waals surface area contributed by atoms with Crippen molar-refractivity contribution in [1.82, 2.24) is 19.5 Å². The molecule has 15 heteroatoms. The van der Waals surface area contributed by atoms with Gasteiger partial charge in [0.25, 0.3) is 5.56 Å². The van der Waals surface area contributed by atoms with Gasteiger partial charge in [0.1, 0.15) is 19.4 Å². The fraction of sp³-hybridized carbons (Fsp3) is 0.462. The number of hydrogen-bond acceptors (Lipinski definition) is 9. The van der Waals surface area contributed by atoms with Crippen molar-refractivity contribution in [3.05, 3.63) is 16.7 Å². The highest BCUT2D eigenvalue weighted by Gasteiger charge is 2.38. The maximum atomic E-state index is 11.6. The normalized spacial score (nSPS) is 12.2. The highest BCUT2D eigenvalue weighted by atomic mass is 19.4. The van der Waals surface area contributed by atoms with Crippen LogP contribution in [0.4, 0.5) is 19.1 Å². The summed E-state index contributed by atoms with van der Waals surface area (Å²) in [4.78, 5) is 41.8. The van der Waals surface area contributed by atoms with Gasteiger partial charge in [-0.1, -0.05) is 0 Å². The van der Waals surface area contributed by atoms with Crippen LogP contribution in [0, 0.1) is 0 Å². The molecule has 0 aliphatic heterocycles. The number of aromatic amines is 1. The zero-order chi connectivity index (χ0) is 21.5. The number of anilines is 1. The number of carboxylic acids is 1. The van der Waals surface area contributed by atoms with Crippen molar-refractivity contribution in [2.75, 3.05) is 18.9 Å². The Balaban J connectivity index is 0.000000480. The number of carbonyl (C=O) groups is 2. The predicted octanol–water partition coefficient (Wildman–Crippen LogP) is -0.800. The van der Waals surface area contributed by atoms with Crippen molar-refractivity contribution >= 4 is 29.1 Å². The Morgan fingerprint density at radius 3 is 2.54 bits per heavy atom. The van der Waals surface area contributed by atoms with Crippen molar-refractivity contribution in [1.29, 1.82) is 0 Å². The zero-order valence-corrected chi connectivity index (χ0v) is 14.4. The molecule has 0 aliphatic rings. The number of alkyl halides is 3. The van der Waals surface area contributed by atoms with E-state index in [2.05, 4.69) is 15.0 Å². The Kier molecular flexibility index (Phi) is 7.87. The second-order valence-corrected chi connectivity index (χ2v) is 5.13. The van der Waals surface area contributed by atoms with Crippen molar-refractivity contribution in [2.24, 2.45) is 5.73 Å². The summed E-state index contributed by atoms with van der Waals surface area (Å²) in [6.45, 7) is 1.90. The first-order chi connectivity index (χ1) is 12.9. The Hall–Kier alpha value is -3.20. The van der Waals surface area contributed by atoms with E-state index in [1.807, 2.05) is 0 Å². The summed E-state index contributed by atoms with van der Waals surface area (Å²) < 4.78 is 43.4. The molecule has 0 unspecified atom stereocenters. The molecule has 0 aromatic carbocycles. The Labute approximate surface area is 154 Å². The molecule has 0 saturated heterocycles. The van der Waals surface area contributed by atoms with Gasteiger partial charge in [0.2, 0.25) is 5.95 Å². The lowest BCUT2D eigenvalue weighted by atomic mass is 10.4. The smallest absolute Gasteiger partial charge is 0.475 e. The molecule has 0 spiro atoms. The van der Waals surface area contributed by atoms with Gasteiger partial charge in [0.15, 0.2) is 11.2 Å². The third-order valence-electron chi connectivity index (χ3n) is 2.81. The topological polar surface area (TPSA) is 188 Å². The molecule has 12 nitrogen and oxygen atoms in total. The maximum absolute atomic E-state index is 11.6. The number of nitrogen functional groups attached to an aromatic ring is 1. The first-order valence-electron chi connectivity index (χ1n) is 7.44. The van der Waals surface area contributed by atoms with Gasteiger partial charge in [-0.25, -0.2) is 9.78 Å². The van der Waals surface area contributed by atoms with Crippen LogP contribution in [0.15, 0.2) is 11.1 Å². The molecule has 156 valence electrons. The average Bonchev–Trinajstić information content (AvgIpc) is 2.97. The molecule has 2 aromatic rings. The molecule has 0 bridgehead atoms. The lowest BCUT2D eigenvalue weighted by Crippen LogP contribution is -2.29. The number of rotatable bonds is 6. The van der Waals surface area contributed by atoms with Gasteiger partial charge in [-0.15, -0.1) is 0 Å². The number of nitrogens with one attached hydrogen (secondary N) is 1. The molecule has 2 aromatic heterocycles. The predicted molar refractivity (Wildman–Crippen MR) is 86.8 cm³/mol. The number of aromatic nitrogens is 4. The van der Waals surface area contributed by atoms with E-state index < -0.39 is 29.7 Å². The highest BCUT2D eigenvalue weighted by Crippen LogP contribution is 2.13. The Bertz CT molecular complexity index is 878. The molecule has 1 atom stereocenters. The number of hydrogen-bond donors (Lipinski definition) is 4. The number of aliphatic carboxylic acids is 1. The van der Waals surface area contributed by atoms with Crippen molar-refractivity contribution in [3.8, 4) is 0 Å². The molecule has 28 heavy (non-hydrogen) atoms. The number of nitrogens with zero attached hydrogens (tertiary/aromatic N) is 3. The van der Waals surface area contributed by atoms with Gasteiger partial charge in [0.05, 0.1) is 12.9 Å². The molecule has 6 N–H and O–H groups in total. The van der Waals surface area contributed by atoms with Gasteiger partial charge in [-0.2, -0.15) is 18.2 Å². The van der Waals surface area contributed by atoms with Crippen molar-refractivity contribution in [3.63, 3.8) is 0 Å². The maximum Gasteiger partial charge on any atom is 0.490 e. The van der Waals surface area contributed by atoms with Crippen LogP contribution in [-0.4, -0.2) is 62.0 Å². The van der Waals surface area contributed by atoms with E-state index in [4.69, 9.17) is 30.8 Å². The second kappa shape index (κ2) is 9.65. The van der Waals surface area contributed by atoms with Crippen LogP contribution in [0.2, 0.25) is 0 Å². The van der Waals surface area contributed by atoms with E-state index in [0.717, 1.165) is 0 Å². The van der Waals surface area contributed by atoms with E-state index in [9.17, 15) is 22.8 Å². The van der Waals surface area contributed by atoms with Crippen LogP contribution in [0.1, 0.15) is 6.92 Å². The van der Waals surface area contributed by atoms with E-state index >= 15 is 0 Å². The standard InChI is InChI=1S/C11H16N6O4.C2HF3O2/c1-6(12)10(19)21-3-2-20-5-17-4-14-7-8(17)15-11(13)16-9(7)18;3-2(4,5)1(6)7/h4,6H,2-3,5,12H2,1H3,(H3,13,15,16,18);(H,6,7)/t6-;/m0./s1. The first-order valence-corrected chi connectivity index (χ1v) is 7.44. The number of fused-ring (bicyclic) bond motifs is 1. The fourth-order valence-corrected chi connectivity index (χ4v) is 1.56. The second-order valence-electron chi connectivity index (χ2n) is 5.13. The number of carbonyl (C=O) groups excluding carboxylic acids is 1. The summed E-state index contributed by atoms with van der Waals surface area (Å²) in [5.74, 6) is -3.25. The fourth-order valence-electron chi connectivity index (χ4n) is 1.56. The molecule has 0 saturated carbocycles. The van der Waals surface area contributed by atoms with Crippen LogP contribution < -0.4 is 17.0 Å². The lowest BCUT2D eigenvalue weighted by molar-refractivity contribution is -0.192. The quantitative estimate of drug-likeness (QED) is 0.346. The van der Waals surface area contributed by atoms with E-state index in [1.54, 1.807) is 0 Å². The summed E-state index contributed by atoms with van der Waals surface area (Å²) in [5.41, 5.74) is 10.9. The van der Waals surface area contributed by atoms with Crippen LogP contribution in [0.25, 0.3) is 11.2 Å². The third-order valence-corrected chi connectivity index (χ3v) is 2.81. The van der Waals surface area contributed by atoms with Gasteiger partial charge >= 0.3 is 18.1 Å². The Morgan fingerprint density at radius 2 is 2.00 bits per heavy atom. The minimum Gasteiger partial charge on any atom is -0.475 e. The number of carboxylic acid groups (broad SMARTS) is 1. The summed E-state index contributed by atoms with van der Waals surface area (Å²) in [5, 5.41) is 7.12. The average molecular weight is 410 g/mol. The largest absolute Gasteiger partial charge is 0.490 e. The molecule has 0 aliphatic carbocycles. The molecular weight excluding hydrogens is 393 g/mol. The summed E-state index contributed by atoms with van der Waals surface area (Å²) in [6.07, 6.45) is -3.67. The van der Waals surface area contributed by atoms with Crippen LogP contribution in [0.3, 0.4) is 0 Å². The summed E-state index contributed by atoms with van der Waals surface area (Å²) in [7, 11) is 0. The monoisotopic (exact) mass is 410 g/mol. The zero-order valence-electron chi connectivity index (χ0n) is 14.4. The van der Waals surface area contributed by atoms with Crippen molar-refractivity contribution in [2.45, 2.75) is 25.9 Å². The number of ether oxygens (including phenoxy) is 2. The Morgan fingerprint density at radius 1 is 1.39 bits per heavy atom. The first kappa shape index (κ1) is 22.8. The highest BCUT2D eigenvalue weighted by molar-refractivity contribution is 5.74. The minimum atomic E-state index is -5.08. The number of esters is 1. The van der Waals surface area contributed by atoms with Gasteiger partial charge in [-0.3, -0.25) is 19.1 Å². The van der Waals surface area contributed by atoms with Crippen LogP contribution in [-0.2, 0) is 25.8 Å². The van der Waals surface area contributed by atoms with Crippen LogP contribution >= 0.6 is 0 Å². The van der Waals surface area contributed by atoms with Gasteiger partial charge < -0.3 is 26.0 Å². The van der Waals surface area contributed by atoms with Crippen molar-refractivity contribution < 1.29 is 37.3 Å². The SMILES string of the molecule is C[C@H](N)C(=O)OCCOCn1cnc2c(=O)[nH]c(N)nc21.O=C(O)C(F)(F)F. The van der Waals surface area contributed by atoms with E-state index in [0.29, 0.717) is 5.65 Å². The van der Waals surface area contributed by atoms with Crippen LogP contribution in [0.5, 0.6) is 0 Å². The lowest BCUT2D eigenvalue weighted by Gasteiger charge is -2.08. The summed E-state index contributed by atoms with van der Waals surface area (Å²) in [6, 6.07) is -0.665. The van der Waals surface area contributed by atoms with Gasteiger partial charge in [0, 0.05) is 0 Å². The molecular formula is C13H17F3N6O6. The molecule has 2 rings (SSSR count). The summed E-state index contributed by atoms with van der Waals surface area (Å²) >= 11 is 0. The minimum absolute atomic E-state index is 0.000105. The van der Waals surface area contributed by atoms with Gasteiger partial charge in [-0.05, 0) is 6.92 Å². The number of imidazole rings is 1. The van der Waals surface area contributed by atoms with E-state index in [1.165, 1.54) is 17.8 Å². The molecule has 2 heterocycles. The number of H-pyrrole nitrogens is 1. The van der Waals surface area contributed by atoms with E-state index in [-0.39, 0.29) is 31.4 Å².